The number of carbonyl (C=O) groups excluding carboxylic acids is 2. The molecule has 2 heterocycles. The van der Waals surface area contributed by atoms with Crippen molar-refractivity contribution in [2.24, 2.45) is 0 Å². The highest BCUT2D eigenvalue weighted by Crippen LogP contribution is 2.17. The number of hydrogen-bond donors (Lipinski definition) is 2. The van der Waals surface area contributed by atoms with Crippen molar-refractivity contribution in [3.05, 3.63) is 58.7 Å². The number of carbonyl (C=O) groups is 2. The lowest BCUT2D eigenvalue weighted by Gasteiger charge is -2.16. The number of pyridine rings is 1. The molecule has 1 aliphatic rings. The molecule has 1 aromatic heterocycles. The zero-order valence-corrected chi connectivity index (χ0v) is 16.5. The summed E-state index contributed by atoms with van der Waals surface area (Å²) in [5.41, 5.74) is 1.53. The Labute approximate surface area is 170 Å². The molecule has 0 unspecified atom stereocenters. The summed E-state index contributed by atoms with van der Waals surface area (Å²) in [6.07, 6.45) is 5.21. The second-order valence-corrected chi connectivity index (χ2v) is 7.30. The molecule has 28 heavy (non-hydrogen) atoms. The van der Waals surface area contributed by atoms with Crippen molar-refractivity contribution in [3.8, 4) is 0 Å². The normalized spacial score (nSPS) is 13.4. The summed E-state index contributed by atoms with van der Waals surface area (Å²) in [5.74, 6) is 0.801. The van der Waals surface area contributed by atoms with E-state index in [1.807, 2.05) is 18.3 Å². The van der Waals surface area contributed by atoms with E-state index < -0.39 is 0 Å². The maximum Gasteiger partial charge on any atom is 0.251 e. The molecule has 7 heteroatoms. The molecule has 6 nitrogen and oxygen atoms in total. The van der Waals surface area contributed by atoms with Gasteiger partial charge >= 0.3 is 0 Å². The van der Waals surface area contributed by atoms with Crippen molar-refractivity contribution >= 4 is 29.2 Å². The summed E-state index contributed by atoms with van der Waals surface area (Å²) in [4.78, 5) is 30.7. The first-order valence-corrected chi connectivity index (χ1v) is 10.00. The molecule has 2 aromatic rings. The Hall–Kier alpha value is -2.60. The Morgan fingerprint density at radius 1 is 1.04 bits per heavy atom. The smallest absolute Gasteiger partial charge is 0.251 e. The number of hydrogen-bond acceptors (Lipinski definition) is 4. The number of rotatable bonds is 8. The van der Waals surface area contributed by atoms with Gasteiger partial charge in [-0.25, -0.2) is 4.98 Å². The highest BCUT2D eigenvalue weighted by molar-refractivity contribution is 6.30. The first kappa shape index (κ1) is 20.1. The molecule has 2 N–H and O–H groups in total. The molecular weight excluding hydrogens is 376 g/mol. The van der Waals surface area contributed by atoms with Crippen molar-refractivity contribution in [2.45, 2.75) is 32.2 Å². The van der Waals surface area contributed by atoms with Crippen molar-refractivity contribution in [1.82, 2.24) is 15.6 Å². The summed E-state index contributed by atoms with van der Waals surface area (Å²) >= 11 is 5.81. The molecular formula is C21H25ClN4O2. The first-order chi connectivity index (χ1) is 13.6. The Bertz CT molecular complexity index is 787. The maximum absolute atomic E-state index is 12.0. The van der Waals surface area contributed by atoms with Crippen LogP contribution in [0.2, 0.25) is 5.02 Å². The standard InChI is InChI=1S/C21H25ClN4O2/c22-18-8-6-17(7-9-18)21(28)23-11-3-4-20(27)25-15-16-5-10-19(24-14-16)26-12-1-2-13-26/h5-10,14H,1-4,11-13,15H2,(H,23,28)(H,25,27). The maximum atomic E-state index is 12.0. The summed E-state index contributed by atoms with van der Waals surface area (Å²) < 4.78 is 0. The molecule has 1 aliphatic heterocycles. The molecule has 0 saturated carbocycles. The Morgan fingerprint density at radius 2 is 1.79 bits per heavy atom. The molecule has 1 fully saturated rings. The van der Waals surface area contributed by atoms with Gasteiger partial charge in [-0.3, -0.25) is 9.59 Å². The van der Waals surface area contributed by atoms with Crippen LogP contribution in [0.15, 0.2) is 42.6 Å². The van der Waals surface area contributed by atoms with E-state index in [0.29, 0.717) is 36.5 Å². The fraction of sp³-hybridized carbons (Fsp3) is 0.381. The number of nitrogens with one attached hydrogen (secondary N) is 2. The van der Waals surface area contributed by atoms with Gasteiger partial charge in [0.05, 0.1) is 0 Å². The topological polar surface area (TPSA) is 74.3 Å². The number of anilines is 1. The quantitative estimate of drug-likeness (QED) is 0.667. The Balaban J connectivity index is 1.32. The zero-order chi connectivity index (χ0) is 19.8. The van der Waals surface area contributed by atoms with E-state index in [0.717, 1.165) is 24.5 Å². The van der Waals surface area contributed by atoms with Gasteiger partial charge in [-0.05, 0) is 55.2 Å². The minimum Gasteiger partial charge on any atom is -0.357 e. The average molecular weight is 401 g/mol. The molecule has 1 aromatic carbocycles. The van der Waals surface area contributed by atoms with Crippen molar-refractivity contribution in [1.29, 1.82) is 0 Å². The highest BCUT2D eigenvalue weighted by Gasteiger charge is 2.13. The van der Waals surface area contributed by atoms with Crippen LogP contribution >= 0.6 is 11.6 Å². The zero-order valence-electron chi connectivity index (χ0n) is 15.8. The molecule has 2 amide bonds. The third kappa shape index (κ3) is 5.96. The molecule has 1 saturated heterocycles. The molecule has 3 rings (SSSR count). The van der Waals surface area contributed by atoms with Crippen LogP contribution in [0.5, 0.6) is 0 Å². The van der Waals surface area contributed by atoms with Gasteiger partial charge in [0, 0.05) is 49.4 Å². The van der Waals surface area contributed by atoms with Gasteiger partial charge in [0.25, 0.3) is 5.91 Å². The van der Waals surface area contributed by atoms with E-state index in [2.05, 4.69) is 20.5 Å². The van der Waals surface area contributed by atoms with Gasteiger partial charge in [-0.1, -0.05) is 17.7 Å². The number of benzene rings is 1. The minimum atomic E-state index is -0.166. The average Bonchev–Trinajstić information content (AvgIpc) is 3.25. The molecule has 0 atom stereocenters. The van der Waals surface area contributed by atoms with Crippen LogP contribution in [-0.4, -0.2) is 36.4 Å². The molecule has 0 bridgehead atoms. The Kier molecular flexibility index (Phi) is 7.25. The van der Waals surface area contributed by atoms with Crippen molar-refractivity contribution in [2.75, 3.05) is 24.5 Å². The number of aromatic nitrogens is 1. The summed E-state index contributed by atoms with van der Waals surface area (Å²) in [6, 6.07) is 10.7. The van der Waals surface area contributed by atoms with Crippen LogP contribution in [0.4, 0.5) is 5.82 Å². The van der Waals surface area contributed by atoms with Crippen LogP contribution < -0.4 is 15.5 Å². The lowest BCUT2D eigenvalue weighted by atomic mass is 10.2. The fourth-order valence-corrected chi connectivity index (χ4v) is 3.22. The van der Waals surface area contributed by atoms with E-state index >= 15 is 0 Å². The second kappa shape index (κ2) is 10.1. The third-order valence-corrected chi connectivity index (χ3v) is 4.95. The third-order valence-electron chi connectivity index (χ3n) is 4.70. The Morgan fingerprint density at radius 3 is 2.46 bits per heavy atom. The van der Waals surface area contributed by atoms with E-state index in [4.69, 9.17) is 11.6 Å². The highest BCUT2D eigenvalue weighted by atomic mass is 35.5. The molecule has 0 radical (unpaired) electrons. The van der Waals surface area contributed by atoms with Gasteiger partial charge < -0.3 is 15.5 Å². The number of halogens is 1. The summed E-state index contributed by atoms with van der Waals surface area (Å²) in [6.45, 7) is 3.04. The van der Waals surface area contributed by atoms with E-state index in [-0.39, 0.29) is 11.8 Å². The minimum absolute atomic E-state index is 0.0376. The van der Waals surface area contributed by atoms with Crippen LogP contribution in [0, 0.1) is 0 Å². The van der Waals surface area contributed by atoms with Crippen LogP contribution in [0.3, 0.4) is 0 Å². The largest absolute Gasteiger partial charge is 0.357 e. The van der Waals surface area contributed by atoms with E-state index in [1.54, 1.807) is 24.3 Å². The van der Waals surface area contributed by atoms with E-state index in [9.17, 15) is 9.59 Å². The first-order valence-electron chi connectivity index (χ1n) is 9.62. The van der Waals surface area contributed by atoms with Gasteiger partial charge in [0.15, 0.2) is 0 Å². The van der Waals surface area contributed by atoms with Gasteiger partial charge in [-0.2, -0.15) is 0 Å². The van der Waals surface area contributed by atoms with Gasteiger partial charge in [0.2, 0.25) is 5.91 Å². The van der Waals surface area contributed by atoms with Crippen molar-refractivity contribution < 1.29 is 9.59 Å². The molecule has 0 spiro atoms. The molecule has 0 aliphatic carbocycles. The van der Waals surface area contributed by atoms with Crippen LogP contribution in [-0.2, 0) is 11.3 Å². The monoisotopic (exact) mass is 400 g/mol. The molecule has 148 valence electrons. The van der Waals surface area contributed by atoms with Crippen LogP contribution in [0.1, 0.15) is 41.6 Å². The number of nitrogens with zero attached hydrogens (tertiary/aromatic N) is 2. The van der Waals surface area contributed by atoms with E-state index in [1.165, 1.54) is 12.8 Å². The van der Waals surface area contributed by atoms with Crippen LogP contribution in [0.25, 0.3) is 0 Å². The predicted octanol–water partition coefficient (Wildman–Crippen LogP) is 3.16. The lowest BCUT2D eigenvalue weighted by Crippen LogP contribution is -2.27. The summed E-state index contributed by atoms with van der Waals surface area (Å²) in [7, 11) is 0. The SMILES string of the molecule is O=C(CCCNC(=O)c1ccc(Cl)cc1)NCc1ccc(N2CCCC2)nc1. The summed E-state index contributed by atoms with van der Waals surface area (Å²) in [5, 5.41) is 6.29. The van der Waals surface area contributed by atoms with Gasteiger partial charge in [-0.15, -0.1) is 0 Å². The van der Waals surface area contributed by atoms with Crippen molar-refractivity contribution in [3.63, 3.8) is 0 Å². The second-order valence-electron chi connectivity index (χ2n) is 6.86. The fourth-order valence-electron chi connectivity index (χ4n) is 3.10. The number of amides is 2. The lowest BCUT2D eigenvalue weighted by molar-refractivity contribution is -0.121. The van der Waals surface area contributed by atoms with Gasteiger partial charge in [0.1, 0.15) is 5.82 Å². The predicted molar refractivity (Wildman–Crippen MR) is 111 cm³/mol.